The topological polar surface area (TPSA) is 63.2 Å². The second-order valence-corrected chi connectivity index (χ2v) is 8.20. The van der Waals surface area contributed by atoms with Gasteiger partial charge in [-0.15, -0.1) is 0 Å². The number of pyridine rings is 1. The molecule has 0 unspecified atom stereocenters. The number of carbonyl (C=O) groups excluding carboxylic acids is 1. The van der Waals surface area contributed by atoms with Crippen LogP contribution in [-0.4, -0.2) is 29.6 Å². The summed E-state index contributed by atoms with van der Waals surface area (Å²) in [4.78, 5) is 16.6. The van der Waals surface area contributed by atoms with Crippen LogP contribution >= 0.6 is 11.6 Å². The first kappa shape index (κ1) is 20.6. The number of nitrogens with zero attached hydrogens (tertiary/aromatic N) is 1. The van der Waals surface area contributed by atoms with Crippen LogP contribution < -0.4 is 10.6 Å². The van der Waals surface area contributed by atoms with Gasteiger partial charge in [-0.3, -0.25) is 9.78 Å². The van der Waals surface area contributed by atoms with E-state index < -0.39 is 0 Å². The van der Waals surface area contributed by atoms with Crippen LogP contribution in [0.5, 0.6) is 0 Å². The Hall–Kier alpha value is -2.63. The molecule has 1 amide bonds. The standard InChI is InChI=1S/C24H26ClN3O2/c25-18-6-11-21-22(12-13-26-23(21)14-18)27-19-7-9-20(10-8-19)28-24(29)16-30-15-17-4-2-1-3-5-17/h1-6,11-14,19-20H,7-10,15-16H2,(H,26,27)(H,28,29). The summed E-state index contributed by atoms with van der Waals surface area (Å²) >= 11 is 6.08. The van der Waals surface area contributed by atoms with Gasteiger partial charge in [-0.25, -0.2) is 0 Å². The van der Waals surface area contributed by atoms with Crippen LogP contribution in [0.3, 0.4) is 0 Å². The highest BCUT2D eigenvalue weighted by molar-refractivity contribution is 6.31. The van der Waals surface area contributed by atoms with E-state index in [-0.39, 0.29) is 18.6 Å². The molecule has 5 nitrogen and oxygen atoms in total. The van der Waals surface area contributed by atoms with Gasteiger partial charge in [-0.1, -0.05) is 41.9 Å². The van der Waals surface area contributed by atoms with Gasteiger partial charge in [0.15, 0.2) is 0 Å². The lowest BCUT2D eigenvalue weighted by Crippen LogP contribution is -2.41. The van der Waals surface area contributed by atoms with Crippen molar-refractivity contribution in [2.75, 3.05) is 11.9 Å². The van der Waals surface area contributed by atoms with E-state index in [2.05, 4.69) is 15.6 Å². The Labute approximate surface area is 181 Å². The zero-order valence-corrected chi connectivity index (χ0v) is 17.6. The first-order chi connectivity index (χ1) is 14.7. The van der Waals surface area contributed by atoms with E-state index in [0.717, 1.165) is 47.8 Å². The third-order valence-electron chi connectivity index (χ3n) is 5.50. The maximum Gasteiger partial charge on any atom is 0.246 e. The Kier molecular flexibility index (Phi) is 6.82. The molecule has 30 heavy (non-hydrogen) atoms. The van der Waals surface area contributed by atoms with Gasteiger partial charge in [0.05, 0.1) is 12.1 Å². The van der Waals surface area contributed by atoms with Crippen molar-refractivity contribution in [1.82, 2.24) is 10.3 Å². The Morgan fingerprint density at radius 2 is 1.80 bits per heavy atom. The largest absolute Gasteiger partial charge is 0.382 e. The number of rotatable bonds is 7. The Morgan fingerprint density at radius 1 is 1.03 bits per heavy atom. The van der Waals surface area contributed by atoms with Gasteiger partial charge in [0, 0.05) is 34.4 Å². The van der Waals surface area contributed by atoms with E-state index in [0.29, 0.717) is 17.7 Å². The zero-order valence-electron chi connectivity index (χ0n) is 16.8. The SMILES string of the molecule is O=C(COCc1ccccc1)NC1CCC(Nc2ccnc3cc(Cl)ccc23)CC1. The van der Waals surface area contributed by atoms with Crippen molar-refractivity contribution in [3.8, 4) is 0 Å². The molecule has 0 bridgehead atoms. The van der Waals surface area contributed by atoms with E-state index >= 15 is 0 Å². The van der Waals surface area contributed by atoms with Gasteiger partial charge in [-0.05, 0) is 55.5 Å². The number of anilines is 1. The molecule has 0 spiro atoms. The minimum Gasteiger partial charge on any atom is -0.382 e. The molecule has 0 radical (unpaired) electrons. The molecule has 1 saturated carbocycles. The lowest BCUT2D eigenvalue weighted by Gasteiger charge is -2.30. The van der Waals surface area contributed by atoms with Crippen LogP contribution in [0.15, 0.2) is 60.8 Å². The molecule has 0 atom stereocenters. The Morgan fingerprint density at radius 3 is 2.60 bits per heavy atom. The van der Waals surface area contributed by atoms with Crippen LogP contribution in [0.4, 0.5) is 5.69 Å². The number of benzene rings is 2. The monoisotopic (exact) mass is 423 g/mol. The summed E-state index contributed by atoms with van der Waals surface area (Å²) in [6.07, 6.45) is 5.73. The summed E-state index contributed by atoms with van der Waals surface area (Å²) in [5.41, 5.74) is 3.05. The maximum atomic E-state index is 12.2. The molecule has 1 heterocycles. The number of aromatic nitrogens is 1. The number of hydrogen-bond acceptors (Lipinski definition) is 4. The molecule has 1 aliphatic rings. The van der Waals surface area contributed by atoms with Crippen LogP contribution in [0.25, 0.3) is 10.9 Å². The molecule has 0 aliphatic heterocycles. The summed E-state index contributed by atoms with van der Waals surface area (Å²) in [6, 6.07) is 18.3. The first-order valence-electron chi connectivity index (χ1n) is 10.4. The third kappa shape index (κ3) is 5.49. The molecule has 2 aromatic carbocycles. The Bertz CT molecular complexity index is 988. The summed E-state index contributed by atoms with van der Waals surface area (Å²) in [6.45, 7) is 0.550. The van der Waals surface area contributed by atoms with E-state index in [1.165, 1.54) is 0 Å². The van der Waals surface area contributed by atoms with Crippen molar-refractivity contribution >= 4 is 34.1 Å². The van der Waals surface area contributed by atoms with Crippen molar-refractivity contribution < 1.29 is 9.53 Å². The number of hydrogen-bond donors (Lipinski definition) is 2. The normalized spacial score (nSPS) is 18.8. The first-order valence-corrected chi connectivity index (χ1v) is 10.8. The van der Waals surface area contributed by atoms with Crippen molar-refractivity contribution in [1.29, 1.82) is 0 Å². The summed E-state index contributed by atoms with van der Waals surface area (Å²) in [5, 5.41) is 8.53. The molecule has 3 aromatic rings. The predicted octanol–water partition coefficient (Wildman–Crippen LogP) is 4.94. The summed E-state index contributed by atoms with van der Waals surface area (Å²) in [7, 11) is 0. The maximum absolute atomic E-state index is 12.2. The third-order valence-corrected chi connectivity index (χ3v) is 5.74. The van der Waals surface area contributed by atoms with E-state index in [1.807, 2.05) is 60.8 Å². The average Bonchev–Trinajstić information content (AvgIpc) is 2.76. The fourth-order valence-electron chi connectivity index (χ4n) is 3.95. The number of fused-ring (bicyclic) bond motifs is 1. The Balaban J connectivity index is 1.22. The molecule has 4 rings (SSSR count). The number of carbonyl (C=O) groups is 1. The van der Waals surface area contributed by atoms with Crippen LogP contribution in [-0.2, 0) is 16.1 Å². The minimum atomic E-state index is -0.0423. The van der Waals surface area contributed by atoms with Crippen LogP contribution in [0, 0.1) is 0 Å². The molecule has 1 aromatic heterocycles. The van der Waals surface area contributed by atoms with Crippen molar-refractivity contribution in [3.05, 3.63) is 71.4 Å². The van der Waals surface area contributed by atoms with E-state index in [4.69, 9.17) is 16.3 Å². The molecular formula is C24H26ClN3O2. The fraction of sp³-hybridized carbons (Fsp3) is 0.333. The average molecular weight is 424 g/mol. The second-order valence-electron chi connectivity index (χ2n) is 7.76. The molecule has 1 aliphatic carbocycles. The van der Waals surface area contributed by atoms with Gasteiger partial charge in [-0.2, -0.15) is 0 Å². The molecule has 2 N–H and O–H groups in total. The van der Waals surface area contributed by atoms with E-state index in [9.17, 15) is 4.79 Å². The van der Waals surface area contributed by atoms with Gasteiger partial charge in [0.2, 0.25) is 5.91 Å². The zero-order chi connectivity index (χ0) is 20.8. The number of nitrogens with one attached hydrogen (secondary N) is 2. The molecular weight excluding hydrogens is 398 g/mol. The lowest BCUT2D eigenvalue weighted by atomic mass is 9.91. The summed E-state index contributed by atoms with van der Waals surface area (Å²) < 4.78 is 5.53. The van der Waals surface area contributed by atoms with Crippen LogP contribution in [0.1, 0.15) is 31.2 Å². The number of halogens is 1. The molecule has 0 saturated heterocycles. The van der Waals surface area contributed by atoms with Gasteiger partial charge in [0.25, 0.3) is 0 Å². The van der Waals surface area contributed by atoms with Gasteiger partial charge in [0.1, 0.15) is 6.61 Å². The van der Waals surface area contributed by atoms with Crippen LogP contribution in [0.2, 0.25) is 5.02 Å². The highest BCUT2D eigenvalue weighted by atomic mass is 35.5. The highest BCUT2D eigenvalue weighted by Crippen LogP contribution is 2.28. The summed E-state index contributed by atoms with van der Waals surface area (Å²) in [5.74, 6) is -0.0423. The van der Waals surface area contributed by atoms with E-state index in [1.54, 1.807) is 0 Å². The highest BCUT2D eigenvalue weighted by Gasteiger charge is 2.22. The molecule has 156 valence electrons. The lowest BCUT2D eigenvalue weighted by molar-refractivity contribution is -0.127. The van der Waals surface area contributed by atoms with Crippen molar-refractivity contribution in [2.45, 2.75) is 44.4 Å². The predicted molar refractivity (Wildman–Crippen MR) is 121 cm³/mol. The fourth-order valence-corrected chi connectivity index (χ4v) is 4.12. The smallest absolute Gasteiger partial charge is 0.246 e. The minimum absolute atomic E-state index is 0.0423. The number of amides is 1. The molecule has 1 fully saturated rings. The molecule has 6 heteroatoms. The van der Waals surface area contributed by atoms with Crippen molar-refractivity contribution in [2.24, 2.45) is 0 Å². The van der Waals surface area contributed by atoms with Gasteiger partial charge < -0.3 is 15.4 Å². The second kappa shape index (κ2) is 9.92. The number of ether oxygens (including phenoxy) is 1. The quantitative estimate of drug-likeness (QED) is 0.564. The van der Waals surface area contributed by atoms with Crippen molar-refractivity contribution in [3.63, 3.8) is 0 Å². The van der Waals surface area contributed by atoms with Gasteiger partial charge >= 0.3 is 0 Å².